The number of carbonyl (C=O) groups excluding carboxylic acids is 1. The van der Waals surface area contributed by atoms with Gasteiger partial charge in [-0.05, 0) is 31.4 Å². The third-order valence-electron chi connectivity index (χ3n) is 6.01. The van der Waals surface area contributed by atoms with E-state index in [1.807, 2.05) is 24.3 Å². The van der Waals surface area contributed by atoms with Crippen molar-refractivity contribution >= 4 is 5.91 Å². The van der Waals surface area contributed by atoms with Gasteiger partial charge in [-0.2, -0.15) is 0 Å². The van der Waals surface area contributed by atoms with Gasteiger partial charge in [0.25, 0.3) is 0 Å². The first-order chi connectivity index (χ1) is 13.7. The number of amides is 1. The molecule has 1 aromatic heterocycles. The number of nitrogens with one attached hydrogen (secondary N) is 1. The van der Waals surface area contributed by atoms with E-state index in [1.165, 1.54) is 0 Å². The first-order valence-corrected chi connectivity index (χ1v) is 9.81. The fraction of sp³-hybridized carbons (Fsp3) is 0.550. The van der Waals surface area contributed by atoms with Crippen molar-refractivity contribution in [3.05, 3.63) is 41.7 Å². The van der Waals surface area contributed by atoms with Crippen LogP contribution >= 0.6 is 0 Å². The van der Waals surface area contributed by atoms with Crippen molar-refractivity contribution in [1.82, 2.24) is 25.2 Å². The normalized spacial score (nSPS) is 26.2. The summed E-state index contributed by atoms with van der Waals surface area (Å²) in [6, 6.07) is 8.13. The molecule has 3 saturated heterocycles. The molecule has 2 aromatic rings. The van der Waals surface area contributed by atoms with E-state index in [2.05, 4.69) is 20.5 Å². The molecule has 0 aliphatic carbocycles. The third-order valence-corrected chi connectivity index (χ3v) is 6.01. The quantitative estimate of drug-likeness (QED) is 0.733. The zero-order valence-corrected chi connectivity index (χ0v) is 16.1. The van der Waals surface area contributed by atoms with Crippen molar-refractivity contribution in [2.45, 2.75) is 38.6 Å². The monoisotopic (exact) mass is 385 g/mol. The number of carbonyl (C=O) groups is 1. The SMILES string of the molecule is COc1ccccc1CNC(=O)[C@H]1CN2CC[C@H]1C[C@@H]2Cn1cc(CO)nn1. The van der Waals surface area contributed by atoms with Gasteiger partial charge in [-0.15, -0.1) is 5.10 Å². The summed E-state index contributed by atoms with van der Waals surface area (Å²) in [6.07, 6.45) is 3.84. The largest absolute Gasteiger partial charge is 0.496 e. The van der Waals surface area contributed by atoms with Gasteiger partial charge in [-0.1, -0.05) is 23.4 Å². The van der Waals surface area contributed by atoms with Crippen molar-refractivity contribution in [2.75, 3.05) is 20.2 Å². The van der Waals surface area contributed by atoms with E-state index >= 15 is 0 Å². The summed E-state index contributed by atoms with van der Waals surface area (Å²) < 4.78 is 7.16. The van der Waals surface area contributed by atoms with Gasteiger partial charge in [-0.25, -0.2) is 0 Å². The number of para-hydroxylation sites is 1. The van der Waals surface area contributed by atoms with E-state index < -0.39 is 0 Å². The second-order valence-electron chi connectivity index (χ2n) is 7.66. The number of benzene rings is 1. The molecular formula is C20H27N5O3. The van der Waals surface area contributed by atoms with Crippen molar-refractivity contribution in [2.24, 2.45) is 11.8 Å². The zero-order valence-electron chi connectivity index (χ0n) is 16.1. The van der Waals surface area contributed by atoms with Crippen LogP contribution in [0.1, 0.15) is 24.1 Å². The van der Waals surface area contributed by atoms with Crippen LogP contribution in [0.25, 0.3) is 0 Å². The van der Waals surface area contributed by atoms with Crippen LogP contribution in [0.15, 0.2) is 30.5 Å². The maximum Gasteiger partial charge on any atom is 0.224 e. The van der Waals surface area contributed by atoms with Gasteiger partial charge in [0.15, 0.2) is 0 Å². The first kappa shape index (κ1) is 18.9. The maximum absolute atomic E-state index is 12.8. The molecule has 8 heteroatoms. The minimum Gasteiger partial charge on any atom is -0.496 e. The van der Waals surface area contributed by atoms with E-state index in [9.17, 15) is 4.79 Å². The highest BCUT2D eigenvalue weighted by atomic mass is 16.5. The van der Waals surface area contributed by atoms with Crippen LogP contribution in [0.4, 0.5) is 0 Å². The van der Waals surface area contributed by atoms with Crippen LogP contribution in [-0.4, -0.2) is 57.1 Å². The second-order valence-corrected chi connectivity index (χ2v) is 7.66. The van der Waals surface area contributed by atoms with Crippen LogP contribution in [0, 0.1) is 11.8 Å². The van der Waals surface area contributed by atoms with Crippen LogP contribution < -0.4 is 10.1 Å². The molecule has 1 amide bonds. The Hall–Kier alpha value is -2.45. The summed E-state index contributed by atoms with van der Waals surface area (Å²) in [5, 5.41) is 20.3. The average Bonchev–Trinajstić information content (AvgIpc) is 3.20. The molecule has 2 N–H and O–H groups in total. The molecule has 1 unspecified atom stereocenters. The summed E-state index contributed by atoms with van der Waals surface area (Å²) in [6.45, 7) is 2.95. The Kier molecular flexibility index (Phi) is 5.59. The van der Waals surface area contributed by atoms with E-state index in [-0.39, 0.29) is 18.4 Å². The standard InChI is InChI=1S/C20H27N5O3/c1-28-19-5-3-2-4-15(19)9-21-20(27)18-12-24-7-6-14(18)8-17(24)11-25-10-16(13-26)22-23-25/h2-5,10,14,17-18,26H,6-9,11-13H2,1H3,(H,21,27)/t14-,17+,18-/m0/s1. The Morgan fingerprint density at radius 1 is 1.39 bits per heavy atom. The maximum atomic E-state index is 12.8. The molecule has 3 aliphatic heterocycles. The lowest BCUT2D eigenvalue weighted by molar-refractivity contribution is -0.133. The fourth-order valence-electron chi connectivity index (χ4n) is 4.50. The number of rotatable bonds is 7. The fourth-order valence-corrected chi connectivity index (χ4v) is 4.50. The molecule has 2 bridgehead atoms. The first-order valence-electron chi connectivity index (χ1n) is 9.81. The number of aliphatic hydroxyl groups is 1. The van der Waals surface area contributed by atoms with E-state index in [0.717, 1.165) is 43.8 Å². The second kappa shape index (κ2) is 8.28. The van der Waals surface area contributed by atoms with Crippen LogP contribution in [-0.2, 0) is 24.5 Å². The number of aliphatic hydroxyl groups excluding tert-OH is 1. The summed E-state index contributed by atoms with van der Waals surface area (Å²) >= 11 is 0. The number of aromatic nitrogens is 3. The number of hydrogen-bond acceptors (Lipinski definition) is 6. The predicted octanol–water partition coefficient (Wildman–Crippen LogP) is 0.806. The summed E-state index contributed by atoms with van der Waals surface area (Å²) in [5.41, 5.74) is 1.58. The highest BCUT2D eigenvalue weighted by molar-refractivity contribution is 5.79. The molecule has 0 radical (unpaired) electrons. The Morgan fingerprint density at radius 2 is 2.25 bits per heavy atom. The topological polar surface area (TPSA) is 92.5 Å². The number of ether oxygens (including phenoxy) is 1. The Bertz CT molecular complexity index is 824. The van der Waals surface area contributed by atoms with Crippen molar-refractivity contribution < 1.29 is 14.6 Å². The molecule has 4 heterocycles. The highest BCUT2D eigenvalue weighted by Crippen LogP contribution is 2.37. The summed E-state index contributed by atoms with van der Waals surface area (Å²) in [5.74, 6) is 1.35. The molecule has 8 nitrogen and oxygen atoms in total. The number of hydrogen-bond donors (Lipinski definition) is 2. The van der Waals surface area contributed by atoms with Gasteiger partial charge in [0.1, 0.15) is 11.4 Å². The van der Waals surface area contributed by atoms with Crippen molar-refractivity contribution in [3.8, 4) is 5.75 Å². The molecule has 150 valence electrons. The lowest BCUT2D eigenvalue weighted by Crippen LogP contribution is -2.58. The molecule has 4 atom stereocenters. The Balaban J connectivity index is 1.34. The average molecular weight is 385 g/mol. The van der Waals surface area contributed by atoms with E-state index in [0.29, 0.717) is 24.2 Å². The molecule has 28 heavy (non-hydrogen) atoms. The molecule has 0 spiro atoms. The van der Waals surface area contributed by atoms with Gasteiger partial charge < -0.3 is 15.2 Å². The summed E-state index contributed by atoms with van der Waals surface area (Å²) in [4.78, 5) is 15.2. The highest BCUT2D eigenvalue weighted by Gasteiger charge is 2.43. The van der Waals surface area contributed by atoms with Crippen LogP contribution in [0.3, 0.4) is 0 Å². The number of methoxy groups -OCH3 is 1. The van der Waals surface area contributed by atoms with Crippen LogP contribution in [0.5, 0.6) is 5.75 Å². The number of fused-ring (bicyclic) bond motifs is 3. The van der Waals surface area contributed by atoms with Crippen molar-refractivity contribution in [3.63, 3.8) is 0 Å². The molecular weight excluding hydrogens is 358 g/mol. The van der Waals surface area contributed by atoms with Crippen LogP contribution in [0.2, 0.25) is 0 Å². The molecule has 0 saturated carbocycles. The number of nitrogens with zero attached hydrogens (tertiary/aromatic N) is 4. The van der Waals surface area contributed by atoms with Gasteiger partial charge >= 0.3 is 0 Å². The van der Waals surface area contributed by atoms with E-state index in [1.54, 1.807) is 18.0 Å². The lowest BCUT2D eigenvalue weighted by Gasteiger charge is -2.49. The molecule has 5 rings (SSSR count). The molecule has 3 aliphatic rings. The van der Waals surface area contributed by atoms with Gasteiger partial charge in [-0.3, -0.25) is 14.4 Å². The Labute approximate surface area is 164 Å². The lowest BCUT2D eigenvalue weighted by atomic mass is 9.75. The van der Waals surface area contributed by atoms with E-state index in [4.69, 9.17) is 9.84 Å². The molecule has 3 fully saturated rings. The molecule has 1 aromatic carbocycles. The van der Waals surface area contributed by atoms with Gasteiger partial charge in [0.2, 0.25) is 5.91 Å². The number of piperidine rings is 3. The third kappa shape index (κ3) is 3.88. The smallest absolute Gasteiger partial charge is 0.224 e. The van der Waals surface area contributed by atoms with Gasteiger partial charge in [0.05, 0.1) is 32.4 Å². The van der Waals surface area contributed by atoms with Crippen molar-refractivity contribution in [1.29, 1.82) is 0 Å². The predicted molar refractivity (Wildman–Crippen MR) is 102 cm³/mol. The Morgan fingerprint density at radius 3 is 2.96 bits per heavy atom. The summed E-state index contributed by atoms with van der Waals surface area (Å²) in [7, 11) is 1.65. The van der Waals surface area contributed by atoms with Gasteiger partial charge in [0, 0.05) is 24.7 Å². The minimum atomic E-state index is -0.0918. The minimum absolute atomic E-state index is 0.0310. The zero-order chi connectivity index (χ0) is 19.5.